The summed E-state index contributed by atoms with van der Waals surface area (Å²) in [7, 11) is 0. The number of rotatable bonds is 6. The van der Waals surface area contributed by atoms with Crippen molar-refractivity contribution in [2.24, 2.45) is 0 Å². The lowest BCUT2D eigenvalue weighted by atomic mass is 9.94. The molecule has 0 aliphatic rings. The zero-order chi connectivity index (χ0) is 20.3. The molecule has 2 nitrogen and oxygen atoms in total. The summed E-state index contributed by atoms with van der Waals surface area (Å²) < 4.78 is 5.77. The highest BCUT2D eigenvalue weighted by Crippen LogP contribution is 2.38. The van der Waals surface area contributed by atoms with E-state index in [-0.39, 0.29) is 5.97 Å². The standard InChI is InChI=1S/C28H22O2/c29-26(13-6-2-5-10-20-8-3-1-4-9-20)30-25-19-17-23-15-14-21-11-7-12-22-16-18-24(25)28(23)27(21)22/h1,3-5,7-12,14-19H,2,6,13H2. The summed E-state index contributed by atoms with van der Waals surface area (Å²) in [5, 5.41) is 6.98. The van der Waals surface area contributed by atoms with Gasteiger partial charge in [-0.15, -0.1) is 0 Å². The van der Waals surface area contributed by atoms with E-state index in [1.165, 1.54) is 32.5 Å². The van der Waals surface area contributed by atoms with Gasteiger partial charge < -0.3 is 4.74 Å². The molecule has 0 spiro atoms. The van der Waals surface area contributed by atoms with Crippen molar-refractivity contribution in [3.63, 3.8) is 0 Å². The van der Waals surface area contributed by atoms with Crippen molar-refractivity contribution in [3.8, 4) is 5.75 Å². The fourth-order valence-electron chi connectivity index (χ4n) is 4.12. The fraction of sp³-hybridized carbons (Fsp3) is 0.107. The average Bonchev–Trinajstić information content (AvgIpc) is 2.79. The van der Waals surface area contributed by atoms with Crippen LogP contribution in [-0.4, -0.2) is 5.97 Å². The van der Waals surface area contributed by atoms with E-state index in [9.17, 15) is 4.79 Å². The molecule has 146 valence electrons. The van der Waals surface area contributed by atoms with Gasteiger partial charge in [0.1, 0.15) is 5.75 Å². The van der Waals surface area contributed by atoms with E-state index in [1.807, 2.05) is 30.3 Å². The smallest absolute Gasteiger partial charge is 0.311 e. The van der Waals surface area contributed by atoms with Crippen molar-refractivity contribution in [2.45, 2.75) is 19.3 Å². The Morgan fingerprint density at radius 2 is 1.43 bits per heavy atom. The maximum Gasteiger partial charge on any atom is 0.311 e. The van der Waals surface area contributed by atoms with Crippen LogP contribution >= 0.6 is 0 Å². The van der Waals surface area contributed by atoms with Crippen LogP contribution in [0.3, 0.4) is 0 Å². The lowest BCUT2D eigenvalue weighted by molar-refractivity contribution is -0.134. The third kappa shape index (κ3) is 3.53. The second kappa shape index (κ2) is 8.00. The van der Waals surface area contributed by atoms with Crippen molar-refractivity contribution in [1.82, 2.24) is 0 Å². The number of unbranched alkanes of at least 4 members (excludes halogenated alkanes) is 1. The maximum atomic E-state index is 12.5. The van der Waals surface area contributed by atoms with Crippen LogP contribution < -0.4 is 4.74 Å². The van der Waals surface area contributed by atoms with Gasteiger partial charge in [0.15, 0.2) is 0 Å². The largest absolute Gasteiger partial charge is 0.426 e. The molecule has 0 saturated carbocycles. The van der Waals surface area contributed by atoms with Gasteiger partial charge in [-0.25, -0.2) is 0 Å². The number of hydrogen-bond donors (Lipinski definition) is 0. The molecule has 0 unspecified atom stereocenters. The van der Waals surface area contributed by atoms with E-state index in [1.54, 1.807) is 0 Å². The Bertz CT molecular complexity index is 1330. The molecule has 5 aromatic carbocycles. The van der Waals surface area contributed by atoms with Crippen LogP contribution in [0.15, 0.2) is 91.0 Å². The van der Waals surface area contributed by atoms with Crippen molar-refractivity contribution < 1.29 is 9.53 Å². The summed E-state index contributed by atoms with van der Waals surface area (Å²) in [6.45, 7) is 0. The molecular weight excluding hydrogens is 368 g/mol. The molecule has 30 heavy (non-hydrogen) atoms. The average molecular weight is 390 g/mol. The molecule has 2 heteroatoms. The Balaban J connectivity index is 1.31. The van der Waals surface area contributed by atoms with Crippen LogP contribution in [0.25, 0.3) is 38.4 Å². The Morgan fingerprint density at radius 3 is 2.23 bits per heavy atom. The summed E-state index contributed by atoms with van der Waals surface area (Å²) in [5.74, 6) is 0.462. The number of ether oxygens (including phenoxy) is 1. The quantitative estimate of drug-likeness (QED) is 0.131. The highest BCUT2D eigenvalue weighted by Gasteiger charge is 2.13. The van der Waals surface area contributed by atoms with Gasteiger partial charge in [-0.3, -0.25) is 4.79 Å². The van der Waals surface area contributed by atoms with Crippen LogP contribution in [-0.2, 0) is 4.79 Å². The predicted molar refractivity (Wildman–Crippen MR) is 125 cm³/mol. The molecule has 0 aliphatic heterocycles. The zero-order valence-electron chi connectivity index (χ0n) is 16.7. The van der Waals surface area contributed by atoms with Gasteiger partial charge in [-0.1, -0.05) is 84.9 Å². The highest BCUT2D eigenvalue weighted by atomic mass is 16.5. The first-order valence-electron chi connectivity index (χ1n) is 10.4. The molecule has 0 N–H and O–H groups in total. The highest BCUT2D eigenvalue weighted by molar-refractivity contribution is 6.24. The first-order chi connectivity index (χ1) is 14.8. The number of benzene rings is 5. The SMILES string of the molecule is O=C(CCCC=Cc1ccccc1)Oc1ccc2ccc3cccc4ccc1c2c34. The van der Waals surface area contributed by atoms with Crippen molar-refractivity contribution in [2.75, 3.05) is 0 Å². The number of carbonyl (C=O) groups is 1. The Kier molecular flexibility index (Phi) is 4.90. The van der Waals surface area contributed by atoms with Gasteiger partial charge in [0.05, 0.1) is 0 Å². The zero-order valence-corrected chi connectivity index (χ0v) is 16.7. The molecule has 0 atom stereocenters. The van der Waals surface area contributed by atoms with Crippen LogP contribution in [0.1, 0.15) is 24.8 Å². The van der Waals surface area contributed by atoms with Crippen LogP contribution in [0.4, 0.5) is 0 Å². The first kappa shape index (κ1) is 18.4. The second-order valence-electron chi connectivity index (χ2n) is 7.60. The molecule has 0 radical (unpaired) electrons. The molecule has 0 aliphatic carbocycles. The first-order valence-corrected chi connectivity index (χ1v) is 10.4. The van der Waals surface area contributed by atoms with Crippen LogP contribution in [0, 0.1) is 0 Å². The minimum atomic E-state index is -0.182. The summed E-state index contributed by atoms with van der Waals surface area (Å²) in [5.41, 5.74) is 1.17. The maximum absolute atomic E-state index is 12.5. The van der Waals surface area contributed by atoms with Crippen LogP contribution in [0.5, 0.6) is 5.75 Å². The van der Waals surface area contributed by atoms with Crippen LogP contribution in [0.2, 0.25) is 0 Å². The van der Waals surface area contributed by atoms with Gasteiger partial charge >= 0.3 is 5.97 Å². The summed E-state index contributed by atoms with van der Waals surface area (Å²) in [6.07, 6.45) is 6.22. The topological polar surface area (TPSA) is 26.3 Å². The molecule has 0 bridgehead atoms. The number of carbonyl (C=O) groups excluding carboxylic acids is 1. The third-order valence-electron chi connectivity index (χ3n) is 5.57. The molecule has 0 saturated heterocycles. The van der Waals surface area contributed by atoms with E-state index >= 15 is 0 Å². The molecule has 0 amide bonds. The monoisotopic (exact) mass is 390 g/mol. The molecule has 0 aromatic heterocycles. The van der Waals surface area contributed by atoms with Gasteiger partial charge in [-0.2, -0.15) is 0 Å². The van der Waals surface area contributed by atoms with E-state index in [4.69, 9.17) is 4.74 Å². The summed E-state index contributed by atoms with van der Waals surface area (Å²) in [6, 6.07) is 28.9. The van der Waals surface area contributed by atoms with E-state index in [2.05, 4.69) is 66.7 Å². The molecule has 5 rings (SSSR count). The van der Waals surface area contributed by atoms with Gasteiger partial charge in [0.2, 0.25) is 0 Å². The third-order valence-corrected chi connectivity index (χ3v) is 5.57. The van der Waals surface area contributed by atoms with Crippen molar-refractivity contribution >= 4 is 44.4 Å². The lowest BCUT2D eigenvalue weighted by Crippen LogP contribution is -2.07. The van der Waals surface area contributed by atoms with E-state index in [0.29, 0.717) is 12.2 Å². The van der Waals surface area contributed by atoms with Crippen molar-refractivity contribution in [1.29, 1.82) is 0 Å². The minimum Gasteiger partial charge on any atom is -0.426 e. The van der Waals surface area contributed by atoms with Gasteiger partial charge in [0.25, 0.3) is 0 Å². The Hall–Kier alpha value is -3.65. The normalized spacial score (nSPS) is 11.7. The Morgan fingerprint density at radius 1 is 0.733 bits per heavy atom. The summed E-state index contributed by atoms with van der Waals surface area (Å²) >= 11 is 0. The lowest BCUT2D eigenvalue weighted by Gasteiger charge is -2.13. The van der Waals surface area contributed by atoms with Gasteiger partial charge in [-0.05, 0) is 52.1 Å². The molecule has 0 fully saturated rings. The minimum absolute atomic E-state index is 0.182. The molecular formula is C28H22O2. The number of allylic oxidation sites excluding steroid dienone is 1. The Labute approximate surface area is 175 Å². The molecule has 5 aromatic rings. The van der Waals surface area contributed by atoms with E-state index in [0.717, 1.165) is 18.2 Å². The van der Waals surface area contributed by atoms with Gasteiger partial charge in [0, 0.05) is 17.2 Å². The van der Waals surface area contributed by atoms with Crippen molar-refractivity contribution in [3.05, 3.63) is 96.6 Å². The predicted octanol–water partition coefficient (Wildman–Crippen LogP) is 7.37. The second-order valence-corrected chi connectivity index (χ2v) is 7.60. The fourth-order valence-corrected chi connectivity index (χ4v) is 4.12. The molecule has 0 heterocycles. The van der Waals surface area contributed by atoms with E-state index < -0.39 is 0 Å². The summed E-state index contributed by atoms with van der Waals surface area (Å²) in [4.78, 5) is 12.5. The number of hydrogen-bond acceptors (Lipinski definition) is 2. The number of esters is 1.